The summed E-state index contributed by atoms with van der Waals surface area (Å²) >= 11 is 5.83. The van der Waals surface area contributed by atoms with E-state index in [1.54, 1.807) is 18.2 Å². The number of anilines is 2. The normalized spacial score (nSPS) is 16.7. The van der Waals surface area contributed by atoms with Crippen molar-refractivity contribution in [3.63, 3.8) is 0 Å². The van der Waals surface area contributed by atoms with Gasteiger partial charge in [0.15, 0.2) is 0 Å². The topological polar surface area (TPSA) is 58.4 Å². The van der Waals surface area contributed by atoms with Gasteiger partial charge >= 0.3 is 0 Å². The monoisotopic (exact) mass is 267 g/mol. The number of nitrogens with zero attached hydrogens (tertiary/aromatic N) is 1. The van der Waals surface area contributed by atoms with Crippen LogP contribution in [0.1, 0.15) is 19.8 Å². The van der Waals surface area contributed by atoms with Gasteiger partial charge in [0.25, 0.3) is 0 Å². The molecule has 0 saturated heterocycles. The van der Waals surface area contributed by atoms with Crippen LogP contribution in [0, 0.1) is 0 Å². The molecule has 4 nitrogen and oxygen atoms in total. The molecule has 1 aliphatic rings. The summed E-state index contributed by atoms with van der Waals surface area (Å²) in [4.78, 5) is 14.2. The summed E-state index contributed by atoms with van der Waals surface area (Å²) in [6, 6.07) is 5.52. The highest BCUT2D eigenvalue weighted by atomic mass is 35.5. The van der Waals surface area contributed by atoms with Gasteiger partial charge in [-0.3, -0.25) is 9.69 Å². The van der Waals surface area contributed by atoms with Crippen molar-refractivity contribution in [2.45, 2.75) is 31.8 Å². The Morgan fingerprint density at radius 3 is 2.78 bits per heavy atom. The highest BCUT2D eigenvalue weighted by Crippen LogP contribution is 2.27. The average molecular weight is 268 g/mol. The highest BCUT2D eigenvalue weighted by molar-refractivity contribution is 6.33. The minimum atomic E-state index is -0.144. The van der Waals surface area contributed by atoms with E-state index in [0.717, 1.165) is 0 Å². The number of halogens is 1. The van der Waals surface area contributed by atoms with Crippen molar-refractivity contribution in [2.24, 2.45) is 0 Å². The molecule has 1 atom stereocenters. The second kappa shape index (κ2) is 5.16. The average Bonchev–Trinajstić information content (AvgIpc) is 3.16. The minimum Gasteiger partial charge on any atom is -0.397 e. The van der Waals surface area contributed by atoms with Crippen molar-refractivity contribution in [3.05, 3.63) is 23.2 Å². The number of hydrogen-bond acceptors (Lipinski definition) is 3. The third kappa shape index (κ3) is 2.94. The van der Waals surface area contributed by atoms with Crippen molar-refractivity contribution in [2.75, 3.05) is 18.1 Å². The third-order valence-corrected chi connectivity index (χ3v) is 3.72. The molecule has 1 fully saturated rings. The number of likely N-dealkylation sites (N-methyl/N-ethyl adjacent to an activating group) is 1. The van der Waals surface area contributed by atoms with Crippen molar-refractivity contribution in [1.82, 2.24) is 4.90 Å². The zero-order valence-corrected chi connectivity index (χ0v) is 11.4. The molecule has 1 aliphatic carbocycles. The molecular formula is C13H18ClN3O. The maximum Gasteiger partial charge on any atom is 0.241 e. The van der Waals surface area contributed by atoms with E-state index in [1.165, 1.54) is 12.8 Å². The molecule has 0 aromatic heterocycles. The van der Waals surface area contributed by atoms with E-state index in [0.29, 0.717) is 22.4 Å². The maximum atomic E-state index is 12.1. The minimum absolute atomic E-state index is 0.0221. The van der Waals surface area contributed by atoms with Gasteiger partial charge in [-0.15, -0.1) is 0 Å². The Kier molecular flexibility index (Phi) is 3.78. The fourth-order valence-electron chi connectivity index (χ4n) is 1.85. The number of carbonyl (C=O) groups is 1. The van der Waals surface area contributed by atoms with Gasteiger partial charge in [0.1, 0.15) is 0 Å². The van der Waals surface area contributed by atoms with E-state index in [1.807, 2.05) is 14.0 Å². The summed E-state index contributed by atoms with van der Waals surface area (Å²) in [5.41, 5.74) is 6.85. The Labute approximate surface area is 112 Å². The number of rotatable bonds is 4. The molecule has 5 heteroatoms. The highest BCUT2D eigenvalue weighted by Gasteiger charge is 2.32. The molecule has 0 aliphatic heterocycles. The molecule has 18 heavy (non-hydrogen) atoms. The van der Waals surface area contributed by atoms with Crippen LogP contribution in [0.4, 0.5) is 11.4 Å². The van der Waals surface area contributed by atoms with Crippen LogP contribution in [0.3, 0.4) is 0 Å². The molecule has 0 spiro atoms. The SMILES string of the molecule is CC(C(=O)Nc1ccc(Cl)c(N)c1)N(C)C1CC1. The molecule has 1 aromatic carbocycles. The predicted octanol–water partition coefficient (Wildman–Crippen LogP) is 2.34. The van der Waals surface area contributed by atoms with Crippen molar-refractivity contribution in [3.8, 4) is 0 Å². The lowest BCUT2D eigenvalue weighted by Crippen LogP contribution is -2.40. The van der Waals surface area contributed by atoms with Crippen molar-refractivity contribution >= 4 is 28.9 Å². The molecule has 2 rings (SSSR count). The largest absolute Gasteiger partial charge is 0.397 e. The van der Waals surface area contributed by atoms with Gasteiger partial charge in [-0.1, -0.05) is 11.6 Å². The van der Waals surface area contributed by atoms with Crippen LogP contribution in [0.15, 0.2) is 18.2 Å². The van der Waals surface area contributed by atoms with Crippen molar-refractivity contribution in [1.29, 1.82) is 0 Å². The standard InChI is InChI=1S/C13H18ClN3O/c1-8(17(2)10-4-5-10)13(18)16-9-3-6-11(14)12(15)7-9/h3,6-8,10H,4-5,15H2,1-2H3,(H,16,18). The first-order valence-electron chi connectivity index (χ1n) is 6.07. The Bertz CT molecular complexity index is 460. The molecule has 0 bridgehead atoms. The van der Waals surface area contributed by atoms with Crippen LogP contribution < -0.4 is 11.1 Å². The van der Waals surface area contributed by atoms with E-state index >= 15 is 0 Å². The van der Waals surface area contributed by atoms with E-state index < -0.39 is 0 Å². The van der Waals surface area contributed by atoms with Gasteiger partial charge in [0.05, 0.1) is 16.8 Å². The fraction of sp³-hybridized carbons (Fsp3) is 0.462. The van der Waals surface area contributed by atoms with Gasteiger partial charge in [0, 0.05) is 11.7 Å². The third-order valence-electron chi connectivity index (χ3n) is 3.38. The molecule has 1 amide bonds. The number of nitrogens with two attached hydrogens (primary N) is 1. The summed E-state index contributed by atoms with van der Waals surface area (Å²) < 4.78 is 0. The van der Waals surface area contributed by atoms with Gasteiger partial charge < -0.3 is 11.1 Å². The zero-order chi connectivity index (χ0) is 13.3. The maximum absolute atomic E-state index is 12.1. The lowest BCUT2D eigenvalue weighted by molar-refractivity contribution is -0.120. The Hall–Kier alpha value is -1.26. The van der Waals surface area contributed by atoms with E-state index in [9.17, 15) is 4.79 Å². The smallest absolute Gasteiger partial charge is 0.241 e. The molecule has 0 radical (unpaired) electrons. The van der Waals surface area contributed by atoms with Crippen molar-refractivity contribution < 1.29 is 4.79 Å². The van der Waals surface area contributed by atoms with Gasteiger partial charge in [-0.05, 0) is 45.0 Å². The first-order valence-corrected chi connectivity index (χ1v) is 6.44. The molecular weight excluding hydrogens is 250 g/mol. The van der Waals surface area contributed by atoms with E-state index in [-0.39, 0.29) is 11.9 Å². The molecule has 0 heterocycles. The zero-order valence-electron chi connectivity index (χ0n) is 10.6. The van der Waals surface area contributed by atoms with Crippen LogP contribution in [0.2, 0.25) is 5.02 Å². The first kappa shape index (κ1) is 13.2. The second-order valence-electron chi connectivity index (χ2n) is 4.80. The summed E-state index contributed by atoms with van der Waals surface area (Å²) in [6.45, 7) is 1.91. The number of carbonyl (C=O) groups excluding carboxylic acids is 1. The Morgan fingerprint density at radius 1 is 1.56 bits per heavy atom. The second-order valence-corrected chi connectivity index (χ2v) is 5.21. The summed E-state index contributed by atoms with van der Waals surface area (Å²) in [5.74, 6) is -0.0221. The lowest BCUT2D eigenvalue weighted by Gasteiger charge is -2.23. The molecule has 1 unspecified atom stereocenters. The lowest BCUT2D eigenvalue weighted by atomic mass is 10.2. The number of amides is 1. The number of benzene rings is 1. The Balaban J connectivity index is 1.99. The number of nitrogens with one attached hydrogen (secondary N) is 1. The predicted molar refractivity (Wildman–Crippen MR) is 74.7 cm³/mol. The fourth-order valence-corrected chi connectivity index (χ4v) is 1.97. The van der Waals surface area contributed by atoms with Gasteiger partial charge in [-0.2, -0.15) is 0 Å². The van der Waals surface area contributed by atoms with E-state index in [2.05, 4.69) is 10.2 Å². The summed E-state index contributed by atoms with van der Waals surface area (Å²) in [5, 5.41) is 3.35. The van der Waals surface area contributed by atoms with Crippen LogP contribution in [-0.4, -0.2) is 29.9 Å². The van der Waals surface area contributed by atoms with Crippen LogP contribution in [0.5, 0.6) is 0 Å². The van der Waals surface area contributed by atoms with Crippen LogP contribution in [0.25, 0.3) is 0 Å². The summed E-state index contributed by atoms with van der Waals surface area (Å²) in [7, 11) is 1.98. The quantitative estimate of drug-likeness (QED) is 0.824. The van der Waals surface area contributed by atoms with E-state index in [4.69, 9.17) is 17.3 Å². The first-order chi connectivity index (χ1) is 8.49. The van der Waals surface area contributed by atoms with Gasteiger partial charge in [0.2, 0.25) is 5.91 Å². The summed E-state index contributed by atoms with van der Waals surface area (Å²) in [6.07, 6.45) is 2.37. The molecule has 1 aromatic rings. The van der Waals surface area contributed by atoms with Crippen LogP contribution in [-0.2, 0) is 4.79 Å². The number of hydrogen-bond donors (Lipinski definition) is 2. The molecule has 1 saturated carbocycles. The van der Waals surface area contributed by atoms with Crippen LogP contribution >= 0.6 is 11.6 Å². The van der Waals surface area contributed by atoms with Gasteiger partial charge in [-0.25, -0.2) is 0 Å². The molecule has 98 valence electrons. The molecule has 3 N–H and O–H groups in total. The number of nitrogen functional groups attached to an aromatic ring is 1. The Morgan fingerprint density at radius 2 is 2.22 bits per heavy atom.